The summed E-state index contributed by atoms with van der Waals surface area (Å²) in [6.45, 7) is 10.8. The lowest BCUT2D eigenvalue weighted by molar-refractivity contribution is -0.130. The molecule has 0 N–H and O–H groups in total. The smallest absolute Gasteiger partial charge is 0.233 e. The Balaban J connectivity index is 1.45. The summed E-state index contributed by atoms with van der Waals surface area (Å²) >= 11 is 1.65. The van der Waals surface area contributed by atoms with E-state index >= 15 is 0 Å². The van der Waals surface area contributed by atoms with Gasteiger partial charge in [0.15, 0.2) is 5.16 Å². The van der Waals surface area contributed by atoms with Crippen molar-refractivity contribution in [2.45, 2.75) is 77.4 Å². The van der Waals surface area contributed by atoms with Gasteiger partial charge in [-0.05, 0) is 76.5 Å². The maximum absolute atomic E-state index is 12.7. The second-order valence-electron chi connectivity index (χ2n) is 9.39. The molecule has 5 heteroatoms. The predicted octanol–water partition coefficient (Wildman–Crippen LogP) is 4.85. The van der Waals surface area contributed by atoms with Gasteiger partial charge in [-0.3, -0.25) is 4.79 Å². The first-order valence-corrected chi connectivity index (χ1v) is 11.9. The Morgan fingerprint density at radius 1 is 1.26 bits per heavy atom. The number of amides is 1. The van der Waals surface area contributed by atoms with Crippen LogP contribution in [0.25, 0.3) is 0 Å². The lowest BCUT2D eigenvalue weighted by atomic mass is 9.84. The highest BCUT2D eigenvalue weighted by Crippen LogP contribution is 2.52. The van der Waals surface area contributed by atoms with Gasteiger partial charge >= 0.3 is 0 Å². The first-order chi connectivity index (χ1) is 12.9. The number of imidazole rings is 1. The Morgan fingerprint density at radius 3 is 2.74 bits per heavy atom. The molecule has 2 heterocycles. The number of hydrogen-bond donors (Lipinski definition) is 0. The highest BCUT2D eigenvalue weighted by molar-refractivity contribution is 7.99. The standard InChI is InChI=1S/C22H35N3OS/c1-14-6-5-9-24(12-14)21(26)13-27-22-23-15(2)16(3)25(22)17(4)20-11-18-7-8-19(20)10-18/h14,17-20H,5-13H2,1-4H3. The summed E-state index contributed by atoms with van der Waals surface area (Å²) in [6.07, 6.45) is 8.08. The Labute approximate surface area is 168 Å². The van der Waals surface area contributed by atoms with Crippen molar-refractivity contribution >= 4 is 17.7 Å². The molecule has 5 unspecified atom stereocenters. The van der Waals surface area contributed by atoms with E-state index in [1.54, 1.807) is 11.8 Å². The second-order valence-corrected chi connectivity index (χ2v) is 10.3. The van der Waals surface area contributed by atoms with Crippen molar-refractivity contribution in [1.82, 2.24) is 14.5 Å². The number of fused-ring (bicyclic) bond motifs is 2. The summed E-state index contributed by atoms with van der Waals surface area (Å²) in [5, 5.41) is 1.05. The number of piperidine rings is 1. The maximum Gasteiger partial charge on any atom is 0.233 e. The van der Waals surface area contributed by atoms with Crippen LogP contribution in [-0.2, 0) is 4.79 Å². The van der Waals surface area contributed by atoms with Gasteiger partial charge in [0.2, 0.25) is 5.91 Å². The van der Waals surface area contributed by atoms with E-state index in [1.807, 2.05) is 0 Å². The maximum atomic E-state index is 12.7. The minimum absolute atomic E-state index is 0.281. The van der Waals surface area contributed by atoms with Crippen LogP contribution in [0.3, 0.4) is 0 Å². The largest absolute Gasteiger partial charge is 0.342 e. The van der Waals surface area contributed by atoms with Crippen molar-refractivity contribution in [2.24, 2.45) is 23.7 Å². The zero-order chi connectivity index (χ0) is 19.1. The molecule has 2 saturated carbocycles. The van der Waals surface area contributed by atoms with Crippen LogP contribution in [-0.4, -0.2) is 39.2 Å². The summed E-state index contributed by atoms with van der Waals surface area (Å²) in [7, 11) is 0. The van der Waals surface area contributed by atoms with E-state index in [0.29, 0.717) is 17.7 Å². The number of hydrogen-bond acceptors (Lipinski definition) is 3. The van der Waals surface area contributed by atoms with Crippen molar-refractivity contribution in [3.8, 4) is 0 Å². The number of carbonyl (C=O) groups excluding carboxylic acids is 1. The fourth-order valence-corrected chi connectivity index (χ4v) is 6.97. The molecule has 27 heavy (non-hydrogen) atoms. The van der Waals surface area contributed by atoms with Crippen molar-refractivity contribution in [3.63, 3.8) is 0 Å². The van der Waals surface area contributed by atoms with Crippen LogP contribution in [0.5, 0.6) is 0 Å². The number of aryl methyl sites for hydroxylation is 1. The summed E-state index contributed by atoms with van der Waals surface area (Å²) in [6, 6.07) is 0.495. The van der Waals surface area contributed by atoms with Crippen molar-refractivity contribution in [1.29, 1.82) is 0 Å². The lowest BCUT2D eigenvalue weighted by Gasteiger charge is -2.31. The van der Waals surface area contributed by atoms with Crippen molar-refractivity contribution in [3.05, 3.63) is 11.4 Å². The summed E-state index contributed by atoms with van der Waals surface area (Å²) < 4.78 is 2.46. The van der Waals surface area contributed by atoms with Gasteiger partial charge in [-0.2, -0.15) is 0 Å². The Morgan fingerprint density at radius 2 is 2.07 bits per heavy atom. The molecule has 3 fully saturated rings. The molecule has 5 atom stereocenters. The molecule has 3 aliphatic rings. The monoisotopic (exact) mass is 389 g/mol. The molecular formula is C22H35N3OS. The van der Waals surface area contributed by atoms with Gasteiger partial charge in [0, 0.05) is 24.8 Å². The zero-order valence-electron chi connectivity index (χ0n) is 17.4. The number of rotatable bonds is 5. The van der Waals surface area contributed by atoms with E-state index in [2.05, 4.69) is 37.2 Å². The predicted molar refractivity (Wildman–Crippen MR) is 111 cm³/mol. The average molecular weight is 390 g/mol. The highest BCUT2D eigenvalue weighted by atomic mass is 32.2. The zero-order valence-corrected chi connectivity index (χ0v) is 18.2. The quantitative estimate of drug-likeness (QED) is 0.676. The van der Waals surface area contributed by atoms with Gasteiger partial charge in [0.05, 0.1) is 11.4 Å². The first kappa shape index (κ1) is 19.4. The van der Waals surface area contributed by atoms with Gasteiger partial charge in [-0.15, -0.1) is 0 Å². The molecule has 1 amide bonds. The molecule has 0 radical (unpaired) electrons. The van der Waals surface area contributed by atoms with E-state index < -0.39 is 0 Å². The normalized spacial score (nSPS) is 31.5. The molecule has 150 valence electrons. The Hall–Kier alpha value is -0.970. The minimum Gasteiger partial charge on any atom is -0.342 e. The molecule has 1 aromatic heterocycles. The van der Waals surface area contributed by atoms with Crippen LogP contribution in [0.2, 0.25) is 0 Å². The van der Waals surface area contributed by atoms with Gasteiger partial charge < -0.3 is 9.47 Å². The third-order valence-electron chi connectivity index (χ3n) is 7.51. The van der Waals surface area contributed by atoms with Gasteiger partial charge in [-0.1, -0.05) is 25.1 Å². The highest BCUT2D eigenvalue weighted by Gasteiger charge is 2.43. The van der Waals surface area contributed by atoms with Crippen LogP contribution in [0.15, 0.2) is 5.16 Å². The van der Waals surface area contributed by atoms with Gasteiger partial charge in [-0.25, -0.2) is 4.98 Å². The lowest BCUT2D eigenvalue weighted by Crippen LogP contribution is -2.40. The molecule has 2 aliphatic carbocycles. The summed E-state index contributed by atoms with van der Waals surface area (Å²) in [4.78, 5) is 19.6. The van der Waals surface area contributed by atoms with E-state index in [1.165, 1.54) is 37.8 Å². The Bertz CT molecular complexity index is 700. The molecule has 0 spiro atoms. The van der Waals surface area contributed by atoms with Gasteiger partial charge in [0.1, 0.15) is 0 Å². The van der Waals surface area contributed by atoms with E-state index in [9.17, 15) is 4.79 Å². The van der Waals surface area contributed by atoms with E-state index in [4.69, 9.17) is 4.98 Å². The topological polar surface area (TPSA) is 38.1 Å². The van der Waals surface area contributed by atoms with E-state index in [-0.39, 0.29) is 5.91 Å². The van der Waals surface area contributed by atoms with Crippen LogP contribution < -0.4 is 0 Å². The van der Waals surface area contributed by atoms with Gasteiger partial charge in [0.25, 0.3) is 0 Å². The number of thioether (sulfide) groups is 1. The van der Waals surface area contributed by atoms with Crippen molar-refractivity contribution < 1.29 is 4.79 Å². The molecule has 0 aromatic carbocycles. The van der Waals surface area contributed by atoms with Crippen LogP contribution in [0.4, 0.5) is 0 Å². The number of nitrogens with zero attached hydrogens (tertiary/aromatic N) is 3. The van der Waals surface area contributed by atoms with Crippen LogP contribution >= 0.6 is 11.8 Å². The second kappa shape index (κ2) is 7.81. The molecule has 4 rings (SSSR count). The third kappa shape index (κ3) is 3.81. The number of likely N-dealkylation sites (tertiary alicyclic amines) is 1. The third-order valence-corrected chi connectivity index (χ3v) is 8.45. The fourth-order valence-electron chi connectivity index (χ4n) is 5.89. The Kier molecular flexibility index (Phi) is 5.59. The molecule has 1 saturated heterocycles. The minimum atomic E-state index is 0.281. The van der Waals surface area contributed by atoms with Crippen molar-refractivity contribution in [2.75, 3.05) is 18.8 Å². The SMILES string of the molecule is Cc1nc(SCC(=O)N2CCCC(C)C2)n(C(C)C2CC3CCC2C3)c1C. The van der Waals surface area contributed by atoms with Crippen LogP contribution in [0, 0.1) is 37.5 Å². The molecular weight excluding hydrogens is 354 g/mol. The summed E-state index contributed by atoms with van der Waals surface area (Å²) in [5.41, 5.74) is 2.40. The number of carbonyl (C=O) groups is 1. The molecule has 1 aromatic rings. The fraction of sp³-hybridized carbons (Fsp3) is 0.818. The van der Waals surface area contributed by atoms with Crippen LogP contribution in [0.1, 0.15) is 69.8 Å². The summed E-state index contributed by atoms with van der Waals surface area (Å²) in [5.74, 6) is 4.09. The van der Waals surface area contributed by atoms with E-state index in [0.717, 1.165) is 48.1 Å². The molecule has 1 aliphatic heterocycles. The molecule has 4 nitrogen and oxygen atoms in total. The number of aromatic nitrogens is 2. The first-order valence-electron chi connectivity index (χ1n) is 10.9. The molecule has 2 bridgehead atoms. The average Bonchev–Trinajstić information content (AvgIpc) is 3.35.